The summed E-state index contributed by atoms with van der Waals surface area (Å²) in [5.41, 5.74) is -1.41. The van der Waals surface area contributed by atoms with Gasteiger partial charge in [0.05, 0.1) is 11.3 Å². The lowest BCUT2D eigenvalue weighted by Crippen LogP contribution is -2.31. The van der Waals surface area contributed by atoms with Gasteiger partial charge < -0.3 is 15.2 Å². The molecule has 1 rings (SSSR count). The van der Waals surface area contributed by atoms with Crippen molar-refractivity contribution in [2.75, 3.05) is 5.32 Å². The van der Waals surface area contributed by atoms with Gasteiger partial charge in [0.15, 0.2) is 0 Å². The van der Waals surface area contributed by atoms with E-state index in [-0.39, 0.29) is 5.02 Å². The Kier molecular flexibility index (Phi) is 3.62. The molecule has 0 radical (unpaired) electrons. The first kappa shape index (κ1) is 13.3. The van der Waals surface area contributed by atoms with Crippen LogP contribution in [-0.4, -0.2) is 18.1 Å². The van der Waals surface area contributed by atoms with E-state index in [0.29, 0.717) is 0 Å². The maximum Gasteiger partial charge on any atom is 0.454 e. The highest BCUT2D eigenvalue weighted by molar-refractivity contribution is 6.31. The Morgan fingerprint density at radius 1 is 1.29 bits per heavy atom. The SMILES string of the molecule is O=C([O-])Nc1ccc(Cl)cc1C(=O)C(F)(F)F. The van der Waals surface area contributed by atoms with Gasteiger partial charge in [-0.25, -0.2) is 0 Å². The van der Waals surface area contributed by atoms with E-state index in [9.17, 15) is 27.9 Å². The second-order valence-electron chi connectivity index (χ2n) is 2.93. The zero-order valence-electron chi connectivity index (χ0n) is 7.97. The Morgan fingerprint density at radius 2 is 1.88 bits per heavy atom. The molecule has 0 aromatic heterocycles. The van der Waals surface area contributed by atoms with E-state index in [1.54, 1.807) is 5.32 Å². The molecule has 92 valence electrons. The van der Waals surface area contributed by atoms with E-state index < -0.39 is 29.3 Å². The van der Waals surface area contributed by atoms with Gasteiger partial charge in [-0.2, -0.15) is 13.2 Å². The molecule has 0 atom stereocenters. The smallest absolute Gasteiger partial charge is 0.454 e. The quantitative estimate of drug-likeness (QED) is 0.831. The van der Waals surface area contributed by atoms with Gasteiger partial charge >= 0.3 is 6.18 Å². The van der Waals surface area contributed by atoms with Gasteiger partial charge in [-0.05, 0) is 18.2 Å². The molecule has 0 bridgehead atoms. The lowest BCUT2D eigenvalue weighted by molar-refractivity contribution is -0.242. The third kappa shape index (κ3) is 3.35. The van der Waals surface area contributed by atoms with Gasteiger partial charge in [0.2, 0.25) is 0 Å². The van der Waals surface area contributed by atoms with Crippen LogP contribution in [0, 0.1) is 0 Å². The minimum Gasteiger partial charge on any atom is -0.530 e. The summed E-state index contributed by atoms with van der Waals surface area (Å²) in [5, 5.41) is 11.7. The van der Waals surface area contributed by atoms with Crippen molar-refractivity contribution in [3.63, 3.8) is 0 Å². The number of anilines is 1. The molecule has 0 aliphatic heterocycles. The second kappa shape index (κ2) is 4.62. The van der Waals surface area contributed by atoms with E-state index in [4.69, 9.17) is 11.6 Å². The molecule has 1 aromatic carbocycles. The summed E-state index contributed by atoms with van der Waals surface area (Å²) in [6, 6.07) is 2.81. The minimum absolute atomic E-state index is 0.124. The summed E-state index contributed by atoms with van der Waals surface area (Å²) in [4.78, 5) is 21.2. The van der Waals surface area contributed by atoms with E-state index in [2.05, 4.69) is 0 Å². The van der Waals surface area contributed by atoms with Crippen molar-refractivity contribution < 1.29 is 27.9 Å². The molecule has 1 N–H and O–H groups in total. The zero-order chi connectivity index (χ0) is 13.2. The number of rotatable bonds is 2. The first-order valence-corrected chi connectivity index (χ1v) is 4.48. The van der Waals surface area contributed by atoms with Crippen molar-refractivity contribution in [1.29, 1.82) is 0 Å². The molecule has 4 nitrogen and oxygen atoms in total. The summed E-state index contributed by atoms with van der Waals surface area (Å²) in [5.74, 6) is -2.19. The van der Waals surface area contributed by atoms with Crippen LogP contribution in [0.1, 0.15) is 10.4 Å². The maximum atomic E-state index is 12.2. The number of hydrogen-bond donors (Lipinski definition) is 1. The maximum absolute atomic E-state index is 12.2. The summed E-state index contributed by atoms with van der Waals surface area (Å²) in [6.45, 7) is 0. The summed E-state index contributed by atoms with van der Waals surface area (Å²) in [6.07, 6.45) is -6.95. The fraction of sp³-hybridized carbons (Fsp3) is 0.111. The summed E-state index contributed by atoms with van der Waals surface area (Å²) < 4.78 is 36.6. The van der Waals surface area contributed by atoms with Crippen LogP contribution in [-0.2, 0) is 0 Å². The number of carbonyl (C=O) groups excluding carboxylic acids is 2. The van der Waals surface area contributed by atoms with Crippen molar-refractivity contribution in [3.05, 3.63) is 28.8 Å². The summed E-state index contributed by atoms with van der Waals surface area (Å²) in [7, 11) is 0. The third-order valence-corrected chi connectivity index (χ3v) is 1.96. The molecule has 1 amide bonds. The number of carboxylic acid groups (broad SMARTS) is 1. The monoisotopic (exact) mass is 266 g/mol. The van der Waals surface area contributed by atoms with Crippen LogP contribution < -0.4 is 10.4 Å². The predicted molar refractivity (Wildman–Crippen MR) is 50.9 cm³/mol. The number of amides is 1. The number of Topliss-reactive ketones (excluding diaryl/α,β-unsaturated/α-hetero) is 1. The number of carbonyl (C=O) groups is 2. The lowest BCUT2D eigenvalue weighted by atomic mass is 10.1. The lowest BCUT2D eigenvalue weighted by Gasteiger charge is -2.13. The first-order chi connectivity index (χ1) is 7.71. The number of ketones is 1. The van der Waals surface area contributed by atoms with Crippen molar-refractivity contribution in [2.45, 2.75) is 6.18 Å². The zero-order valence-corrected chi connectivity index (χ0v) is 8.72. The average Bonchev–Trinajstić information content (AvgIpc) is 2.17. The largest absolute Gasteiger partial charge is 0.530 e. The van der Waals surface area contributed by atoms with Crippen molar-refractivity contribution in [1.82, 2.24) is 0 Å². The Balaban J connectivity index is 3.25. The van der Waals surface area contributed by atoms with E-state index in [1.165, 1.54) is 0 Å². The number of hydrogen-bond acceptors (Lipinski definition) is 3. The van der Waals surface area contributed by atoms with E-state index in [0.717, 1.165) is 18.2 Å². The first-order valence-electron chi connectivity index (χ1n) is 4.11. The molecule has 0 heterocycles. The molecule has 0 unspecified atom stereocenters. The third-order valence-electron chi connectivity index (χ3n) is 1.72. The molecule has 1 aromatic rings. The molecule has 8 heteroatoms. The molecule has 0 fully saturated rings. The van der Waals surface area contributed by atoms with Crippen LogP contribution in [0.5, 0.6) is 0 Å². The molecular formula is C9H4ClF3NO3-. The van der Waals surface area contributed by atoms with Gasteiger partial charge in [0.1, 0.15) is 6.09 Å². The van der Waals surface area contributed by atoms with Gasteiger partial charge in [-0.3, -0.25) is 4.79 Å². The van der Waals surface area contributed by atoms with Crippen LogP contribution in [0.15, 0.2) is 18.2 Å². The molecule has 0 saturated heterocycles. The van der Waals surface area contributed by atoms with Gasteiger partial charge in [0, 0.05) is 5.02 Å². The molecule has 17 heavy (non-hydrogen) atoms. The van der Waals surface area contributed by atoms with Crippen LogP contribution in [0.3, 0.4) is 0 Å². The van der Waals surface area contributed by atoms with Crippen molar-refractivity contribution in [2.24, 2.45) is 0 Å². The Bertz CT molecular complexity index is 473. The molecule has 0 spiro atoms. The number of alkyl halides is 3. The Labute approximate surface area is 98.0 Å². The second-order valence-corrected chi connectivity index (χ2v) is 3.37. The van der Waals surface area contributed by atoms with Crippen LogP contribution >= 0.6 is 11.6 Å². The highest BCUT2D eigenvalue weighted by Gasteiger charge is 2.40. The van der Waals surface area contributed by atoms with Crippen molar-refractivity contribution >= 4 is 29.2 Å². The minimum atomic E-state index is -5.12. The highest BCUT2D eigenvalue weighted by Crippen LogP contribution is 2.28. The Morgan fingerprint density at radius 3 is 2.35 bits per heavy atom. The molecular weight excluding hydrogens is 263 g/mol. The predicted octanol–water partition coefficient (Wildman–Crippen LogP) is 1.84. The molecule has 0 aliphatic carbocycles. The highest BCUT2D eigenvalue weighted by atomic mass is 35.5. The molecule has 0 saturated carbocycles. The number of halogens is 4. The van der Waals surface area contributed by atoms with Crippen LogP contribution in [0.2, 0.25) is 5.02 Å². The number of nitrogens with one attached hydrogen (secondary N) is 1. The van der Waals surface area contributed by atoms with E-state index >= 15 is 0 Å². The Hall–Kier alpha value is -1.76. The van der Waals surface area contributed by atoms with Gasteiger partial charge in [-0.15, -0.1) is 0 Å². The standard InChI is InChI=1S/C9H5ClF3NO3/c10-4-1-2-6(14-8(16)17)5(3-4)7(15)9(11,12)13/h1-3,14H,(H,16,17)/p-1. The fourth-order valence-corrected chi connectivity index (χ4v) is 1.25. The van der Waals surface area contributed by atoms with E-state index in [1.807, 2.05) is 0 Å². The fourth-order valence-electron chi connectivity index (χ4n) is 1.08. The van der Waals surface area contributed by atoms with Crippen LogP contribution in [0.25, 0.3) is 0 Å². The van der Waals surface area contributed by atoms with Gasteiger partial charge in [-0.1, -0.05) is 11.6 Å². The summed E-state index contributed by atoms with van der Waals surface area (Å²) >= 11 is 5.44. The molecule has 0 aliphatic rings. The topological polar surface area (TPSA) is 69.2 Å². The normalized spacial score (nSPS) is 11.1. The average molecular weight is 267 g/mol. The number of benzene rings is 1. The van der Waals surface area contributed by atoms with Crippen molar-refractivity contribution in [3.8, 4) is 0 Å². The van der Waals surface area contributed by atoms with Gasteiger partial charge in [0.25, 0.3) is 5.78 Å². The van der Waals surface area contributed by atoms with Crippen LogP contribution in [0.4, 0.5) is 23.7 Å².